The molecular formula is C7H12N2O2S. The van der Waals surface area contributed by atoms with Crippen molar-refractivity contribution >= 4 is 23.7 Å². The summed E-state index contributed by atoms with van der Waals surface area (Å²) in [5.41, 5.74) is 4.84. The van der Waals surface area contributed by atoms with E-state index < -0.39 is 10.8 Å². The molecule has 68 valence electrons. The monoisotopic (exact) mass is 188 g/mol. The van der Waals surface area contributed by atoms with Crippen LogP contribution in [0.15, 0.2) is 0 Å². The number of nitrogens with one attached hydrogen (secondary N) is 1. The first-order valence-electron chi connectivity index (χ1n) is 3.79. The van der Waals surface area contributed by atoms with Crippen molar-refractivity contribution in [2.75, 3.05) is 5.75 Å². The highest BCUT2D eigenvalue weighted by atomic mass is 32.2. The van der Waals surface area contributed by atoms with Gasteiger partial charge in [0, 0.05) is 0 Å². The first-order valence-corrected chi connectivity index (χ1v) is 4.78. The molecule has 3 amide bonds. The fraction of sp³-hybridized carbons (Fsp3) is 0.714. The van der Waals surface area contributed by atoms with Gasteiger partial charge in [0.1, 0.15) is 0 Å². The zero-order valence-electron chi connectivity index (χ0n) is 6.92. The van der Waals surface area contributed by atoms with E-state index >= 15 is 0 Å². The molecule has 4 nitrogen and oxygen atoms in total. The zero-order valence-corrected chi connectivity index (χ0v) is 7.74. The van der Waals surface area contributed by atoms with Crippen LogP contribution in [-0.4, -0.2) is 22.4 Å². The second kappa shape index (κ2) is 3.35. The molecule has 1 saturated heterocycles. The Kier molecular flexibility index (Phi) is 2.62. The van der Waals surface area contributed by atoms with E-state index in [0.29, 0.717) is 0 Å². The molecule has 1 heterocycles. The van der Waals surface area contributed by atoms with Crippen LogP contribution in [0, 0.1) is 0 Å². The molecule has 5 heteroatoms. The Hall–Kier alpha value is -0.710. The van der Waals surface area contributed by atoms with Crippen molar-refractivity contribution in [1.82, 2.24) is 5.32 Å². The zero-order chi connectivity index (χ0) is 9.19. The van der Waals surface area contributed by atoms with Gasteiger partial charge >= 0.3 is 6.03 Å². The predicted molar refractivity (Wildman–Crippen MR) is 47.8 cm³/mol. The SMILES string of the molecule is CC1(C(=O)NC(N)=O)CCCS1. The molecule has 0 spiro atoms. The third kappa shape index (κ3) is 1.91. The number of hydrogen-bond donors (Lipinski definition) is 2. The van der Waals surface area contributed by atoms with Crippen LogP contribution in [0.4, 0.5) is 4.79 Å². The lowest BCUT2D eigenvalue weighted by molar-refractivity contribution is -0.121. The van der Waals surface area contributed by atoms with Crippen LogP contribution in [0.3, 0.4) is 0 Å². The van der Waals surface area contributed by atoms with Gasteiger partial charge in [-0.05, 0) is 25.5 Å². The van der Waals surface area contributed by atoms with Gasteiger partial charge in [0.25, 0.3) is 0 Å². The molecule has 0 saturated carbocycles. The lowest BCUT2D eigenvalue weighted by Crippen LogP contribution is -2.45. The van der Waals surface area contributed by atoms with E-state index in [1.165, 1.54) is 0 Å². The van der Waals surface area contributed by atoms with E-state index in [-0.39, 0.29) is 5.91 Å². The van der Waals surface area contributed by atoms with Crippen molar-refractivity contribution in [1.29, 1.82) is 0 Å². The molecule has 0 bridgehead atoms. The highest BCUT2D eigenvalue weighted by Gasteiger charge is 2.37. The predicted octanol–water partition coefficient (Wildman–Crippen LogP) is 0.467. The van der Waals surface area contributed by atoms with Crippen LogP contribution in [0.5, 0.6) is 0 Å². The van der Waals surface area contributed by atoms with E-state index in [2.05, 4.69) is 5.32 Å². The van der Waals surface area contributed by atoms with Gasteiger partial charge in [0.15, 0.2) is 0 Å². The largest absolute Gasteiger partial charge is 0.351 e. The molecule has 3 N–H and O–H groups in total. The summed E-state index contributed by atoms with van der Waals surface area (Å²) in [6.45, 7) is 1.84. The number of carbonyl (C=O) groups is 2. The van der Waals surface area contributed by atoms with E-state index in [0.717, 1.165) is 18.6 Å². The van der Waals surface area contributed by atoms with Crippen molar-refractivity contribution in [3.63, 3.8) is 0 Å². The van der Waals surface area contributed by atoms with Crippen LogP contribution in [0.1, 0.15) is 19.8 Å². The molecule has 0 aromatic carbocycles. The second-order valence-corrected chi connectivity index (χ2v) is 4.60. The normalized spacial score (nSPS) is 28.4. The van der Waals surface area contributed by atoms with Crippen molar-refractivity contribution in [3.8, 4) is 0 Å². The molecule has 1 aliphatic heterocycles. The van der Waals surface area contributed by atoms with Crippen molar-refractivity contribution in [3.05, 3.63) is 0 Å². The van der Waals surface area contributed by atoms with Crippen LogP contribution >= 0.6 is 11.8 Å². The van der Waals surface area contributed by atoms with Crippen molar-refractivity contribution in [2.24, 2.45) is 5.73 Å². The lowest BCUT2D eigenvalue weighted by atomic mass is 10.1. The van der Waals surface area contributed by atoms with E-state index in [1.54, 1.807) is 11.8 Å². The Balaban J connectivity index is 2.56. The molecule has 1 unspecified atom stereocenters. The summed E-state index contributed by atoms with van der Waals surface area (Å²) in [6.07, 6.45) is 1.84. The Morgan fingerprint density at radius 1 is 1.58 bits per heavy atom. The Morgan fingerprint density at radius 2 is 2.25 bits per heavy atom. The van der Waals surface area contributed by atoms with Crippen LogP contribution in [0.25, 0.3) is 0 Å². The van der Waals surface area contributed by atoms with Gasteiger partial charge in [-0.1, -0.05) is 0 Å². The number of thioether (sulfide) groups is 1. The number of amides is 3. The molecule has 0 aromatic rings. The minimum absolute atomic E-state index is 0.266. The minimum atomic E-state index is -0.770. The van der Waals surface area contributed by atoms with Crippen LogP contribution in [-0.2, 0) is 4.79 Å². The highest BCUT2D eigenvalue weighted by Crippen LogP contribution is 2.37. The van der Waals surface area contributed by atoms with Gasteiger partial charge in [0.2, 0.25) is 5.91 Å². The van der Waals surface area contributed by atoms with Crippen molar-refractivity contribution < 1.29 is 9.59 Å². The van der Waals surface area contributed by atoms with Crippen molar-refractivity contribution in [2.45, 2.75) is 24.5 Å². The van der Waals surface area contributed by atoms with E-state index in [4.69, 9.17) is 5.73 Å². The third-order valence-corrected chi connectivity index (χ3v) is 3.46. The van der Waals surface area contributed by atoms with E-state index in [9.17, 15) is 9.59 Å². The molecule has 1 atom stereocenters. The lowest BCUT2D eigenvalue weighted by Gasteiger charge is -2.19. The summed E-state index contributed by atoms with van der Waals surface area (Å²) in [5.74, 6) is 0.709. The second-order valence-electron chi connectivity index (χ2n) is 3.00. The molecule has 0 radical (unpaired) electrons. The van der Waals surface area contributed by atoms with Crippen LogP contribution in [0.2, 0.25) is 0 Å². The maximum atomic E-state index is 11.3. The smallest absolute Gasteiger partial charge is 0.318 e. The van der Waals surface area contributed by atoms with Gasteiger partial charge in [-0.15, -0.1) is 11.8 Å². The van der Waals surface area contributed by atoms with Gasteiger partial charge in [-0.25, -0.2) is 4.79 Å². The molecule has 12 heavy (non-hydrogen) atoms. The molecule has 0 aliphatic carbocycles. The summed E-state index contributed by atoms with van der Waals surface area (Å²) in [7, 11) is 0. The van der Waals surface area contributed by atoms with E-state index in [1.807, 2.05) is 6.92 Å². The first-order chi connectivity index (χ1) is 5.54. The first kappa shape index (κ1) is 9.38. The summed E-state index contributed by atoms with van der Waals surface area (Å²) < 4.78 is -0.449. The fourth-order valence-corrected chi connectivity index (χ4v) is 2.41. The fourth-order valence-electron chi connectivity index (χ4n) is 1.20. The maximum absolute atomic E-state index is 11.3. The minimum Gasteiger partial charge on any atom is -0.351 e. The third-order valence-electron chi connectivity index (χ3n) is 1.94. The van der Waals surface area contributed by atoms with Gasteiger partial charge in [-0.3, -0.25) is 10.1 Å². The Bertz CT molecular complexity index is 211. The van der Waals surface area contributed by atoms with Gasteiger partial charge in [-0.2, -0.15) is 0 Å². The summed E-state index contributed by atoms with van der Waals surface area (Å²) in [5, 5.41) is 2.10. The Labute approximate surface area is 75.3 Å². The Morgan fingerprint density at radius 3 is 2.67 bits per heavy atom. The molecule has 0 aromatic heterocycles. The number of hydrogen-bond acceptors (Lipinski definition) is 3. The summed E-state index contributed by atoms with van der Waals surface area (Å²) in [6, 6.07) is -0.770. The number of nitrogens with two attached hydrogens (primary N) is 1. The topological polar surface area (TPSA) is 72.2 Å². The molecule has 1 aliphatic rings. The number of carbonyl (C=O) groups excluding carboxylic acids is 2. The van der Waals surface area contributed by atoms with Gasteiger partial charge in [0.05, 0.1) is 4.75 Å². The number of primary amides is 1. The molecular weight excluding hydrogens is 176 g/mol. The van der Waals surface area contributed by atoms with Gasteiger partial charge < -0.3 is 5.73 Å². The number of urea groups is 1. The summed E-state index contributed by atoms with van der Waals surface area (Å²) >= 11 is 1.57. The number of imide groups is 1. The average molecular weight is 188 g/mol. The highest BCUT2D eigenvalue weighted by molar-refractivity contribution is 8.01. The van der Waals surface area contributed by atoms with Crippen LogP contribution < -0.4 is 11.1 Å². The quantitative estimate of drug-likeness (QED) is 0.628. The maximum Gasteiger partial charge on any atom is 0.318 e. The number of rotatable bonds is 1. The molecule has 1 fully saturated rings. The molecule has 1 rings (SSSR count). The summed E-state index contributed by atoms with van der Waals surface area (Å²) in [4.78, 5) is 21.7. The average Bonchev–Trinajstić information content (AvgIpc) is 2.36. The standard InChI is InChI=1S/C7H12N2O2S/c1-7(3-2-4-12-7)5(10)9-6(8)11/h2-4H2,1H3,(H3,8,9,10,11).